The molecule has 0 aliphatic heterocycles. The number of benzene rings is 2. The fourth-order valence-corrected chi connectivity index (χ4v) is 3.63. The molecule has 0 atom stereocenters. The number of furan rings is 1. The fourth-order valence-electron chi connectivity index (χ4n) is 2.78. The van der Waals surface area contributed by atoms with Crippen molar-refractivity contribution in [3.63, 3.8) is 0 Å². The van der Waals surface area contributed by atoms with Crippen molar-refractivity contribution in [3.05, 3.63) is 98.6 Å². The molecule has 2 aromatic heterocycles. The second-order valence-electron chi connectivity index (χ2n) is 6.39. The lowest BCUT2D eigenvalue weighted by molar-refractivity contribution is -0.384. The number of nitro benzene ring substituents is 1. The van der Waals surface area contributed by atoms with Crippen LogP contribution in [-0.4, -0.2) is 15.3 Å². The van der Waals surface area contributed by atoms with Crippen LogP contribution in [0.1, 0.15) is 12.7 Å². The third-order valence-corrected chi connectivity index (χ3v) is 5.13. The van der Waals surface area contributed by atoms with Gasteiger partial charge in [0, 0.05) is 29.1 Å². The van der Waals surface area contributed by atoms with E-state index in [0.717, 1.165) is 12.1 Å². The molecule has 4 rings (SSSR count). The van der Waals surface area contributed by atoms with Crippen LogP contribution in [0.15, 0.2) is 80.8 Å². The molecule has 156 valence electrons. The van der Waals surface area contributed by atoms with Crippen LogP contribution in [0.25, 0.3) is 11.3 Å². The lowest BCUT2D eigenvalue weighted by Crippen LogP contribution is -2.13. The highest BCUT2D eigenvalue weighted by Crippen LogP contribution is 2.24. The highest BCUT2D eigenvalue weighted by Gasteiger charge is 2.13. The maximum atomic E-state index is 14.2. The third-order valence-electron chi connectivity index (χ3n) is 4.31. The Hall–Kier alpha value is -3.92. The number of aromatic nitrogens is 1. The van der Waals surface area contributed by atoms with E-state index in [9.17, 15) is 18.9 Å². The number of halogens is 2. The molecular weight excluding hydrogens is 426 g/mol. The van der Waals surface area contributed by atoms with E-state index in [1.807, 2.05) is 0 Å². The molecule has 0 saturated carbocycles. The van der Waals surface area contributed by atoms with Gasteiger partial charge < -0.3 is 4.42 Å². The summed E-state index contributed by atoms with van der Waals surface area (Å²) >= 11 is 1.19. The summed E-state index contributed by atoms with van der Waals surface area (Å²) in [5.74, 6) is -0.968. The minimum Gasteiger partial charge on any atom is -0.463 e. The Bertz CT molecular complexity index is 1340. The molecule has 0 aliphatic carbocycles. The van der Waals surface area contributed by atoms with Gasteiger partial charge in [0.1, 0.15) is 23.0 Å². The van der Waals surface area contributed by atoms with E-state index in [2.05, 4.69) is 10.1 Å². The van der Waals surface area contributed by atoms with Crippen molar-refractivity contribution in [3.8, 4) is 11.3 Å². The van der Waals surface area contributed by atoms with E-state index in [1.54, 1.807) is 36.6 Å². The Labute approximate surface area is 178 Å². The number of thiazole rings is 1. The molecule has 31 heavy (non-hydrogen) atoms. The normalized spacial score (nSPS) is 12.4. The molecule has 0 bridgehead atoms. The van der Waals surface area contributed by atoms with E-state index in [4.69, 9.17) is 4.42 Å². The summed E-state index contributed by atoms with van der Waals surface area (Å²) in [6.07, 6.45) is 1.52. The minimum atomic E-state index is -0.802. The topological polar surface area (TPSA) is 85.9 Å². The zero-order chi connectivity index (χ0) is 22.0. The first-order chi connectivity index (χ1) is 14.9. The van der Waals surface area contributed by atoms with Crippen LogP contribution in [-0.2, 0) is 0 Å². The fraction of sp³-hybridized carbons (Fsp3) is 0.0476. The molecule has 0 aliphatic rings. The number of hydrogen-bond donors (Lipinski definition) is 0. The van der Waals surface area contributed by atoms with Gasteiger partial charge in [-0.3, -0.25) is 10.1 Å². The summed E-state index contributed by atoms with van der Waals surface area (Å²) in [6, 6.07) is 12.5. The molecule has 0 unspecified atom stereocenters. The molecule has 0 spiro atoms. The molecular formula is C21H14F2N4O3S. The molecule has 0 radical (unpaired) electrons. The van der Waals surface area contributed by atoms with Gasteiger partial charge in [0.2, 0.25) is 4.80 Å². The van der Waals surface area contributed by atoms with Crippen LogP contribution >= 0.6 is 11.3 Å². The first-order valence-electron chi connectivity index (χ1n) is 8.97. The Morgan fingerprint density at radius 1 is 1.16 bits per heavy atom. The third kappa shape index (κ3) is 4.33. The Kier molecular flexibility index (Phi) is 5.54. The predicted octanol–water partition coefficient (Wildman–Crippen LogP) is 5.50. The van der Waals surface area contributed by atoms with Crippen molar-refractivity contribution < 1.29 is 18.1 Å². The van der Waals surface area contributed by atoms with Crippen LogP contribution in [0.3, 0.4) is 0 Å². The summed E-state index contributed by atoms with van der Waals surface area (Å²) in [4.78, 5) is 15.1. The highest BCUT2D eigenvalue weighted by atomic mass is 32.1. The van der Waals surface area contributed by atoms with E-state index in [-0.39, 0.29) is 11.4 Å². The first-order valence-corrected chi connectivity index (χ1v) is 9.85. The van der Waals surface area contributed by atoms with Gasteiger partial charge in [-0.05, 0) is 43.3 Å². The molecule has 4 aromatic rings. The average molecular weight is 440 g/mol. The zero-order valence-electron chi connectivity index (χ0n) is 16.0. The summed E-state index contributed by atoms with van der Waals surface area (Å²) in [5, 5.41) is 17.3. The summed E-state index contributed by atoms with van der Waals surface area (Å²) < 4.78 is 34.3. The van der Waals surface area contributed by atoms with Crippen molar-refractivity contribution in [2.75, 3.05) is 0 Å². The molecule has 7 nitrogen and oxygen atoms in total. The number of nitrogens with zero attached hydrogens (tertiary/aromatic N) is 4. The Morgan fingerprint density at radius 3 is 2.58 bits per heavy atom. The maximum absolute atomic E-state index is 14.2. The summed E-state index contributed by atoms with van der Waals surface area (Å²) in [5.41, 5.74) is 1.69. The number of nitro groups is 1. The summed E-state index contributed by atoms with van der Waals surface area (Å²) in [7, 11) is 0. The van der Waals surface area contributed by atoms with Crippen molar-refractivity contribution in [1.29, 1.82) is 0 Å². The number of non-ortho nitro benzene ring substituents is 1. The van der Waals surface area contributed by atoms with Gasteiger partial charge in [-0.1, -0.05) is 0 Å². The van der Waals surface area contributed by atoms with Gasteiger partial charge in [0.25, 0.3) is 5.69 Å². The molecule has 0 saturated heterocycles. The molecule has 0 amide bonds. The van der Waals surface area contributed by atoms with Gasteiger partial charge >= 0.3 is 0 Å². The van der Waals surface area contributed by atoms with Crippen molar-refractivity contribution in [1.82, 2.24) is 4.68 Å². The van der Waals surface area contributed by atoms with Crippen LogP contribution in [0.5, 0.6) is 0 Å². The van der Waals surface area contributed by atoms with Crippen molar-refractivity contribution in [2.45, 2.75) is 6.92 Å². The maximum Gasteiger partial charge on any atom is 0.269 e. The van der Waals surface area contributed by atoms with Gasteiger partial charge in [-0.2, -0.15) is 5.10 Å². The smallest absolute Gasteiger partial charge is 0.269 e. The highest BCUT2D eigenvalue weighted by molar-refractivity contribution is 7.07. The van der Waals surface area contributed by atoms with Gasteiger partial charge in [0.05, 0.1) is 16.9 Å². The molecule has 10 heteroatoms. The largest absolute Gasteiger partial charge is 0.463 e. The Morgan fingerprint density at radius 2 is 1.94 bits per heavy atom. The lowest BCUT2D eigenvalue weighted by Gasteiger charge is -2.05. The van der Waals surface area contributed by atoms with Crippen molar-refractivity contribution >= 4 is 28.4 Å². The van der Waals surface area contributed by atoms with Crippen LogP contribution < -0.4 is 4.80 Å². The monoisotopic (exact) mass is 440 g/mol. The molecule has 0 fully saturated rings. The van der Waals surface area contributed by atoms with Gasteiger partial charge in [-0.25, -0.2) is 18.4 Å². The van der Waals surface area contributed by atoms with E-state index < -0.39 is 16.6 Å². The zero-order valence-corrected chi connectivity index (χ0v) is 16.8. The quantitative estimate of drug-likeness (QED) is 0.233. The first kappa shape index (κ1) is 20.4. The predicted molar refractivity (Wildman–Crippen MR) is 112 cm³/mol. The SMILES string of the molecule is CC(=Nn1c(-c2ccc([N+](=O)[O-])cc2)csc1=Nc1ccc(F)cc1F)c1ccco1. The average Bonchev–Trinajstić information content (AvgIpc) is 3.41. The Balaban J connectivity index is 1.89. The second-order valence-corrected chi connectivity index (χ2v) is 7.23. The van der Waals surface area contributed by atoms with E-state index >= 15 is 0 Å². The number of hydrogen-bond acceptors (Lipinski definition) is 6. The van der Waals surface area contributed by atoms with Gasteiger partial charge in [0.15, 0.2) is 5.82 Å². The second kappa shape index (κ2) is 8.44. The minimum absolute atomic E-state index is 0.0425. The van der Waals surface area contributed by atoms with E-state index in [0.29, 0.717) is 27.5 Å². The van der Waals surface area contributed by atoms with E-state index in [1.165, 1.54) is 40.5 Å². The molecule has 2 aromatic carbocycles. The molecule has 2 heterocycles. The molecule has 0 N–H and O–H groups in total. The van der Waals surface area contributed by atoms with Crippen LogP contribution in [0.4, 0.5) is 20.2 Å². The lowest BCUT2D eigenvalue weighted by atomic mass is 10.1. The standard InChI is InChI=1S/C21H14F2N4O3S/c1-13(20-3-2-10-30-20)25-26-19(14-4-7-16(8-5-14)27(28)29)12-31-21(26)24-18-9-6-15(22)11-17(18)23/h2-12H,1H3. The van der Waals surface area contributed by atoms with Crippen LogP contribution in [0.2, 0.25) is 0 Å². The summed E-state index contributed by atoms with van der Waals surface area (Å²) in [6.45, 7) is 1.74. The van der Waals surface area contributed by atoms with Gasteiger partial charge in [-0.15, -0.1) is 11.3 Å². The van der Waals surface area contributed by atoms with Crippen molar-refractivity contribution in [2.24, 2.45) is 10.1 Å². The number of rotatable bonds is 5. The van der Waals surface area contributed by atoms with Crippen LogP contribution in [0, 0.1) is 21.7 Å².